The molecule has 0 fully saturated rings. The molecule has 5 aromatic rings. The van der Waals surface area contributed by atoms with Crippen LogP contribution in [0.5, 0.6) is 0 Å². The molecule has 0 aliphatic carbocycles. The van der Waals surface area contributed by atoms with Gasteiger partial charge in [0, 0.05) is 37.3 Å². The SMILES string of the molecule is O=C1CCC(=O)N[C@H](C(c2ccccc2)c2ccccc2)C(=O)N[C@@H](Cc2ccc(C(F)(F)F)cc2)C(=O)N[C@H](Cc2ccccc2)C(=O)C[C@H](C(=O)O)Cc2ccc(cc2)N1. The summed E-state index contributed by atoms with van der Waals surface area (Å²) in [6, 6.07) is 32.6. The second-order valence-electron chi connectivity index (χ2n) is 15.2. The smallest absolute Gasteiger partial charge is 0.416 e. The molecule has 0 saturated heterocycles. The number of carboxylic acids is 1. The lowest BCUT2D eigenvalue weighted by Gasteiger charge is -2.30. The van der Waals surface area contributed by atoms with Crippen LogP contribution in [0.25, 0.3) is 0 Å². The van der Waals surface area contributed by atoms with Crippen molar-refractivity contribution in [2.75, 3.05) is 5.32 Å². The highest BCUT2D eigenvalue weighted by Crippen LogP contribution is 2.31. The maximum absolute atomic E-state index is 14.8. The summed E-state index contributed by atoms with van der Waals surface area (Å²) in [4.78, 5) is 82.9. The minimum absolute atomic E-state index is 0.0458. The third-order valence-corrected chi connectivity index (χ3v) is 10.7. The molecule has 0 spiro atoms. The molecule has 2 aliphatic rings. The molecule has 11 nitrogen and oxygen atoms in total. The van der Waals surface area contributed by atoms with E-state index in [1.54, 1.807) is 115 Å². The Labute approximate surface area is 356 Å². The molecule has 4 amide bonds. The molecule has 5 aromatic carbocycles. The molecule has 2 heterocycles. The van der Waals surface area contributed by atoms with E-state index in [0.29, 0.717) is 27.9 Å². The van der Waals surface area contributed by atoms with Gasteiger partial charge in [-0.3, -0.25) is 28.8 Å². The fourth-order valence-corrected chi connectivity index (χ4v) is 7.44. The van der Waals surface area contributed by atoms with E-state index in [-0.39, 0.29) is 37.7 Å². The number of carboxylic acid groups (broad SMARTS) is 1. The lowest BCUT2D eigenvalue weighted by atomic mass is 9.84. The maximum atomic E-state index is 14.8. The number of amides is 4. The van der Waals surface area contributed by atoms with Crippen LogP contribution in [0.1, 0.15) is 58.6 Å². The van der Waals surface area contributed by atoms with Crippen molar-refractivity contribution in [3.05, 3.63) is 173 Å². The topological polar surface area (TPSA) is 171 Å². The molecule has 5 N–H and O–H groups in total. The first-order valence-electron chi connectivity index (χ1n) is 20.1. The molecule has 14 heteroatoms. The average molecular weight is 847 g/mol. The van der Waals surface area contributed by atoms with Gasteiger partial charge in [0.1, 0.15) is 12.1 Å². The minimum Gasteiger partial charge on any atom is -0.481 e. The van der Waals surface area contributed by atoms with Gasteiger partial charge in [-0.1, -0.05) is 115 Å². The first kappa shape index (κ1) is 44.5. The Morgan fingerprint density at radius 2 is 1.11 bits per heavy atom. The number of ketones is 1. The van der Waals surface area contributed by atoms with Crippen molar-refractivity contribution in [1.82, 2.24) is 16.0 Å². The first-order chi connectivity index (χ1) is 29.7. The van der Waals surface area contributed by atoms with E-state index in [0.717, 1.165) is 12.1 Å². The van der Waals surface area contributed by atoms with Gasteiger partial charge in [0.2, 0.25) is 23.6 Å². The number of carbonyl (C=O) groups is 6. The van der Waals surface area contributed by atoms with Crippen LogP contribution in [-0.2, 0) is 54.2 Å². The minimum atomic E-state index is -4.64. The Bertz CT molecular complexity index is 2300. The molecular weight excluding hydrogens is 802 g/mol. The molecule has 320 valence electrons. The largest absolute Gasteiger partial charge is 0.481 e. The monoisotopic (exact) mass is 846 g/mol. The summed E-state index contributed by atoms with van der Waals surface area (Å²) in [6.07, 6.45) is -6.16. The lowest BCUT2D eigenvalue weighted by molar-refractivity contribution is -0.144. The van der Waals surface area contributed by atoms with Crippen molar-refractivity contribution < 1.29 is 47.0 Å². The van der Waals surface area contributed by atoms with Gasteiger partial charge in [-0.15, -0.1) is 0 Å². The number of benzene rings is 5. The normalized spacial score (nSPS) is 19.7. The van der Waals surface area contributed by atoms with Crippen LogP contribution in [-0.4, -0.2) is 58.6 Å². The van der Waals surface area contributed by atoms with Gasteiger partial charge >= 0.3 is 12.1 Å². The van der Waals surface area contributed by atoms with E-state index in [2.05, 4.69) is 21.3 Å². The van der Waals surface area contributed by atoms with E-state index in [1.165, 1.54) is 12.1 Å². The molecular formula is C48H45F3N4O7. The van der Waals surface area contributed by atoms with Gasteiger partial charge in [-0.2, -0.15) is 13.2 Å². The highest BCUT2D eigenvalue weighted by atomic mass is 19.4. The molecule has 2 bridgehead atoms. The number of halogens is 3. The van der Waals surface area contributed by atoms with Crippen LogP contribution in [0.2, 0.25) is 0 Å². The number of aliphatic carboxylic acids is 1. The summed E-state index contributed by atoms with van der Waals surface area (Å²) in [6.45, 7) is 0. The Balaban J connectivity index is 1.43. The van der Waals surface area contributed by atoms with Crippen LogP contribution in [0.3, 0.4) is 0 Å². The number of fused-ring (bicyclic) bond motifs is 18. The molecule has 4 atom stereocenters. The van der Waals surface area contributed by atoms with Gasteiger partial charge in [-0.05, 0) is 64.9 Å². The average Bonchev–Trinajstić information content (AvgIpc) is 3.26. The number of anilines is 1. The van der Waals surface area contributed by atoms with Crippen molar-refractivity contribution in [3.63, 3.8) is 0 Å². The zero-order valence-electron chi connectivity index (χ0n) is 33.4. The zero-order chi connectivity index (χ0) is 44.2. The lowest BCUT2D eigenvalue weighted by Crippen LogP contribution is -2.58. The summed E-state index contributed by atoms with van der Waals surface area (Å²) in [5.41, 5.74) is 2.15. The number of alkyl halides is 3. The van der Waals surface area contributed by atoms with Crippen molar-refractivity contribution >= 4 is 41.1 Å². The summed E-state index contributed by atoms with van der Waals surface area (Å²) in [7, 11) is 0. The van der Waals surface area contributed by atoms with Crippen molar-refractivity contribution in [2.24, 2.45) is 5.92 Å². The summed E-state index contributed by atoms with van der Waals surface area (Å²) < 4.78 is 40.6. The molecule has 0 unspecified atom stereocenters. The molecule has 0 saturated carbocycles. The number of hydrogen-bond acceptors (Lipinski definition) is 6. The molecule has 62 heavy (non-hydrogen) atoms. The number of hydrogen-bond donors (Lipinski definition) is 5. The van der Waals surface area contributed by atoms with Crippen LogP contribution in [0.15, 0.2) is 140 Å². The Morgan fingerprint density at radius 3 is 1.68 bits per heavy atom. The zero-order valence-corrected chi connectivity index (χ0v) is 33.4. The van der Waals surface area contributed by atoms with Gasteiger partial charge < -0.3 is 26.4 Å². The van der Waals surface area contributed by atoms with Crippen molar-refractivity contribution in [1.29, 1.82) is 0 Å². The van der Waals surface area contributed by atoms with E-state index in [9.17, 15) is 47.0 Å². The van der Waals surface area contributed by atoms with Crippen LogP contribution < -0.4 is 21.3 Å². The van der Waals surface area contributed by atoms with Gasteiger partial charge in [0.25, 0.3) is 0 Å². The Morgan fingerprint density at radius 1 is 0.597 bits per heavy atom. The number of nitrogens with one attached hydrogen (secondary N) is 4. The second kappa shape index (κ2) is 20.4. The number of Topliss-reactive ketones (excluding diaryl/α,β-unsaturated/α-hetero) is 1. The van der Waals surface area contributed by atoms with Crippen molar-refractivity contribution in [2.45, 2.75) is 68.7 Å². The third-order valence-electron chi connectivity index (χ3n) is 10.7. The van der Waals surface area contributed by atoms with E-state index < -0.39 is 83.5 Å². The fraction of sp³-hybridized carbons (Fsp3) is 0.250. The molecule has 2 aliphatic heterocycles. The second-order valence-corrected chi connectivity index (χ2v) is 15.2. The Hall–Kier alpha value is -7.09. The van der Waals surface area contributed by atoms with E-state index >= 15 is 0 Å². The maximum Gasteiger partial charge on any atom is 0.416 e. The molecule has 7 rings (SSSR count). The third kappa shape index (κ3) is 12.2. The van der Waals surface area contributed by atoms with Gasteiger partial charge in [-0.25, -0.2) is 0 Å². The predicted octanol–water partition coefficient (Wildman–Crippen LogP) is 6.41. The molecule has 0 radical (unpaired) electrons. The van der Waals surface area contributed by atoms with Crippen LogP contribution in [0.4, 0.5) is 18.9 Å². The predicted molar refractivity (Wildman–Crippen MR) is 225 cm³/mol. The highest BCUT2D eigenvalue weighted by Gasteiger charge is 2.37. The number of rotatable bonds is 8. The summed E-state index contributed by atoms with van der Waals surface area (Å²) in [5, 5.41) is 21.2. The number of carbonyl (C=O) groups excluding carboxylic acids is 5. The fourth-order valence-electron chi connectivity index (χ4n) is 7.44. The summed E-state index contributed by atoms with van der Waals surface area (Å²) >= 11 is 0. The first-order valence-corrected chi connectivity index (χ1v) is 20.1. The van der Waals surface area contributed by atoms with Crippen molar-refractivity contribution in [3.8, 4) is 0 Å². The summed E-state index contributed by atoms with van der Waals surface area (Å²) in [5.74, 6) is -6.78. The highest BCUT2D eigenvalue weighted by molar-refractivity contribution is 5.97. The quantitative estimate of drug-likeness (QED) is 0.112. The van der Waals surface area contributed by atoms with Gasteiger partial charge in [0.15, 0.2) is 5.78 Å². The van der Waals surface area contributed by atoms with Crippen LogP contribution >= 0.6 is 0 Å². The standard InChI is InChI=1S/C48H45F3N4O7/c49-48(50,51)36-20-16-32(17-21-36)28-39-45(59)53-38(27-30-10-4-1-5-11-30)40(56)29-35(47(61)62)26-31-18-22-37(23-19-31)52-41(57)24-25-42(58)55-44(46(60)54-39)43(33-12-6-2-7-13-33)34-14-8-3-9-15-34/h1-23,35,38-39,43-44H,24-29H2,(H,52,57)(H,53,59)(H,54,60)(H,55,58)(H,61,62)/t35-,38-,39+,44-/m1/s1. The van der Waals surface area contributed by atoms with E-state index in [1.807, 2.05) is 0 Å². The molecule has 0 aromatic heterocycles. The Kier molecular flexibility index (Phi) is 14.7. The van der Waals surface area contributed by atoms with Gasteiger partial charge in [0.05, 0.1) is 17.5 Å². The van der Waals surface area contributed by atoms with E-state index in [4.69, 9.17) is 0 Å². The van der Waals surface area contributed by atoms with Crippen LogP contribution in [0, 0.1) is 5.92 Å².